The second-order valence-corrected chi connectivity index (χ2v) is 6.31. The van der Waals surface area contributed by atoms with Gasteiger partial charge in [-0.25, -0.2) is 0 Å². The summed E-state index contributed by atoms with van der Waals surface area (Å²) in [7, 11) is 0. The molecule has 1 heteroatoms. The second-order valence-electron chi connectivity index (χ2n) is 5.13. The zero-order valence-corrected chi connectivity index (χ0v) is 12.9. The predicted octanol–water partition coefficient (Wildman–Crippen LogP) is 5.88. The minimum atomic E-state index is 0.329. The molecular formula is C20H18S. The molecule has 0 saturated heterocycles. The molecule has 3 aromatic rings. The number of hydrogen-bond donors (Lipinski definition) is 0. The van der Waals surface area contributed by atoms with Crippen LogP contribution in [0.4, 0.5) is 0 Å². The van der Waals surface area contributed by atoms with Gasteiger partial charge in [0.15, 0.2) is 0 Å². The molecule has 21 heavy (non-hydrogen) atoms. The number of rotatable bonds is 4. The maximum Gasteiger partial charge on any atom is 0.0593 e. The van der Waals surface area contributed by atoms with Crippen LogP contribution in [0.15, 0.2) is 89.8 Å². The number of hydrogen-bond acceptors (Lipinski definition) is 1. The highest BCUT2D eigenvalue weighted by atomic mass is 32.2. The van der Waals surface area contributed by atoms with Crippen molar-refractivity contribution in [3.8, 4) is 0 Å². The van der Waals surface area contributed by atoms with Gasteiger partial charge < -0.3 is 0 Å². The summed E-state index contributed by atoms with van der Waals surface area (Å²) in [6, 6.07) is 30.2. The van der Waals surface area contributed by atoms with Gasteiger partial charge in [0.1, 0.15) is 0 Å². The highest BCUT2D eigenvalue weighted by molar-refractivity contribution is 7.99. The van der Waals surface area contributed by atoms with E-state index >= 15 is 0 Å². The summed E-state index contributed by atoms with van der Waals surface area (Å²) < 4.78 is 0. The molecule has 0 heterocycles. The molecule has 3 rings (SSSR count). The summed E-state index contributed by atoms with van der Waals surface area (Å²) in [4.78, 5) is 1.30. The number of benzene rings is 3. The van der Waals surface area contributed by atoms with Gasteiger partial charge in [-0.05, 0) is 30.2 Å². The summed E-state index contributed by atoms with van der Waals surface area (Å²) in [6.07, 6.45) is 0. The summed E-state index contributed by atoms with van der Waals surface area (Å²) in [5, 5.41) is 0.329. The quantitative estimate of drug-likeness (QED) is 0.541. The molecule has 0 radical (unpaired) electrons. The van der Waals surface area contributed by atoms with E-state index < -0.39 is 0 Å². The molecule has 0 spiro atoms. The molecule has 0 N–H and O–H groups in total. The number of thioether (sulfide) groups is 1. The highest BCUT2D eigenvalue weighted by Crippen LogP contribution is 2.40. The first-order valence-corrected chi connectivity index (χ1v) is 8.04. The van der Waals surface area contributed by atoms with Crippen molar-refractivity contribution < 1.29 is 0 Å². The van der Waals surface area contributed by atoms with Crippen LogP contribution in [0.3, 0.4) is 0 Å². The van der Waals surface area contributed by atoms with Crippen molar-refractivity contribution in [1.29, 1.82) is 0 Å². The minimum Gasteiger partial charge on any atom is -0.113 e. The molecule has 0 aliphatic rings. The summed E-state index contributed by atoms with van der Waals surface area (Å²) in [6.45, 7) is 2.13. The Balaban J connectivity index is 1.95. The number of aryl methyl sites for hydroxylation is 1. The van der Waals surface area contributed by atoms with Crippen LogP contribution in [0.1, 0.15) is 21.9 Å². The van der Waals surface area contributed by atoms with E-state index in [1.54, 1.807) is 0 Å². The second kappa shape index (κ2) is 6.64. The molecule has 0 atom stereocenters. The van der Waals surface area contributed by atoms with Crippen LogP contribution in [-0.2, 0) is 0 Å². The zero-order valence-electron chi connectivity index (χ0n) is 12.1. The Kier molecular flexibility index (Phi) is 4.42. The highest BCUT2D eigenvalue weighted by Gasteiger charge is 2.15. The van der Waals surface area contributed by atoms with Crippen LogP contribution in [0.2, 0.25) is 0 Å². The van der Waals surface area contributed by atoms with Crippen molar-refractivity contribution >= 4 is 11.8 Å². The average molecular weight is 290 g/mol. The molecule has 0 nitrogen and oxygen atoms in total. The summed E-state index contributed by atoms with van der Waals surface area (Å²) in [5.74, 6) is 0. The molecule has 0 aliphatic heterocycles. The molecule has 3 aromatic carbocycles. The summed E-state index contributed by atoms with van der Waals surface area (Å²) in [5.41, 5.74) is 3.99. The van der Waals surface area contributed by atoms with Crippen molar-refractivity contribution in [2.24, 2.45) is 0 Å². The molecule has 0 bridgehead atoms. The normalized spacial score (nSPS) is 10.8. The fourth-order valence-electron chi connectivity index (χ4n) is 2.34. The third-order valence-electron chi connectivity index (χ3n) is 3.48. The molecule has 0 saturated carbocycles. The summed E-state index contributed by atoms with van der Waals surface area (Å²) >= 11 is 1.90. The molecule has 0 unspecified atom stereocenters. The first kappa shape index (κ1) is 14.0. The third kappa shape index (κ3) is 3.56. The van der Waals surface area contributed by atoms with Crippen molar-refractivity contribution in [3.05, 3.63) is 102 Å². The van der Waals surface area contributed by atoms with Gasteiger partial charge in [-0.1, -0.05) is 78.4 Å². The van der Waals surface area contributed by atoms with Gasteiger partial charge in [-0.3, -0.25) is 0 Å². The van der Waals surface area contributed by atoms with Crippen molar-refractivity contribution in [3.63, 3.8) is 0 Å². The van der Waals surface area contributed by atoms with Crippen molar-refractivity contribution in [2.45, 2.75) is 17.1 Å². The fraction of sp³-hybridized carbons (Fsp3) is 0.100. The van der Waals surface area contributed by atoms with Crippen LogP contribution < -0.4 is 0 Å². The first-order valence-electron chi connectivity index (χ1n) is 7.16. The van der Waals surface area contributed by atoms with E-state index in [-0.39, 0.29) is 0 Å². The standard InChI is InChI=1S/C20H18S/c1-16-12-14-19(15-13-16)21-20(17-8-4-2-5-9-17)18-10-6-3-7-11-18/h2-15,20H,1H3. The SMILES string of the molecule is Cc1ccc(SC(c2ccccc2)c2ccccc2)cc1. The smallest absolute Gasteiger partial charge is 0.0593 e. The van der Waals surface area contributed by atoms with Crippen LogP contribution in [0, 0.1) is 6.92 Å². The van der Waals surface area contributed by atoms with Gasteiger partial charge in [0, 0.05) is 4.90 Å². The molecule has 0 aliphatic carbocycles. The first-order chi connectivity index (χ1) is 10.3. The lowest BCUT2D eigenvalue weighted by molar-refractivity contribution is 1.15. The zero-order chi connectivity index (χ0) is 14.5. The average Bonchev–Trinajstić information content (AvgIpc) is 2.56. The van der Waals surface area contributed by atoms with Crippen LogP contribution in [0.5, 0.6) is 0 Å². The largest absolute Gasteiger partial charge is 0.113 e. The maximum absolute atomic E-state index is 2.21. The molecule has 0 amide bonds. The van der Waals surface area contributed by atoms with E-state index in [2.05, 4.69) is 91.9 Å². The van der Waals surface area contributed by atoms with E-state index in [9.17, 15) is 0 Å². The van der Waals surface area contributed by atoms with E-state index in [4.69, 9.17) is 0 Å². The van der Waals surface area contributed by atoms with E-state index in [1.165, 1.54) is 21.6 Å². The Hall–Kier alpha value is -1.99. The van der Waals surface area contributed by atoms with Gasteiger partial charge in [0.05, 0.1) is 5.25 Å². The molecule has 0 aromatic heterocycles. The van der Waals surface area contributed by atoms with Gasteiger partial charge in [0.25, 0.3) is 0 Å². The van der Waals surface area contributed by atoms with Gasteiger partial charge in [-0.2, -0.15) is 0 Å². The molecule has 104 valence electrons. The molecular weight excluding hydrogens is 272 g/mol. The Morgan fingerprint density at radius 2 is 1.10 bits per heavy atom. The van der Waals surface area contributed by atoms with E-state index in [0.717, 1.165) is 0 Å². The Labute approximate surface area is 130 Å². The van der Waals surface area contributed by atoms with Crippen LogP contribution >= 0.6 is 11.8 Å². The Bertz CT molecular complexity index is 633. The van der Waals surface area contributed by atoms with Crippen LogP contribution in [-0.4, -0.2) is 0 Å². The van der Waals surface area contributed by atoms with Crippen molar-refractivity contribution in [1.82, 2.24) is 0 Å². The Morgan fingerprint density at radius 1 is 0.619 bits per heavy atom. The lowest BCUT2D eigenvalue weighted by atomic mass is 10.0. The third-order valence-corrected chi connectivity index (χ3v) is 4.80. The molecule has 0 fully saturated rings. The van der Waals surface area contributed by atoms with E-state index in [1.807, 2.05) is 11.8 Å². The maximum atomic E-state index is 2.21. The minimum absolute atomic E-state index is 0.329. The topological polar surface area (TPSA) is 0 Å². The van der Waals surface area contributed by atoms with Gasteiger partial charge in [0.2, 0.25) is 0 Å². The van der Waals surface area contributed by atoms with Crippen LogP contribution in [0.25, 0.3) is 0 Å². The lowest BCUT2D eigenvalue weighted by Crippen LogP contribution is -1.96. The lowest BCUT2D eigenvalue weighted by Gasteiger charge is -2.18. The van der Waals surface area contributed by atoms with Crippen molar-refractivity contribution in [2.75, 3.05) is 0 Å². The van der Waals surface area contributed by atoms with E-state index in [0.29, 0.717) is 5.25 Å². The van der Waals surface area contributed by atoms with Gasteiger partial charge >= 0.3 is 0 Å². The monoisotopic (exact) mass is 290 g/mol. The predicted molar refractivity (Wildman–Crippen MR) is 91.8 cm³/mol. The fourth-order valence-corrected chi connectivity index (χ4v) is 3.49. The Morgan fingerprint density at radius 3 is 1.57 bits per heavy atom. The van der Waals surface area contributed by atoms with Gasteiger partial charge in [-0.15, -0.1) is 11.8 Å².